The van der Waals surface area contributed by atoms with Crippen LogP contribution in [0.3, 0.4) is 0 Å². The summed E-state index contributed by atoms with van der Waals surface area (Å²) < 4.78 is 13.6. The van der Waals surface area contributed by atoms with Crippen molar-refractivity contribution in [2.24, 2.45) is 11.7 Å². The average molecular weight is 343 g/mol. The average Bonchev–Trinajstić information content (AvgIpc) is 2.91. The summed E-state index contributed by atoms with van der Waals surface area (Å²) >= 11 is 3.13. The molecule has 2 N–H and O–H groups in total. The Bertz CT molecular complexity index is 495. The minimum atomic E-state index is -0.356. The number of rotatable bonds is 4. The predicted molar refractivity (Wildman–Crippen MR) is 81.0 cm³/mol. The van der Waals surface area contributed by atoms with Gasteiger partial charge in [0.2, 0.25) is 0 Å². The molecule has 1 aromatic rings. The van der Waals surface area contributed by atoms with Gasteiger partial charge in [0.05, 0.1) is 4.47 Å². The Labute approximate surface area is 127 Å². The van der Waals surface area contributed by atoms with E-state index in [1.54, 1.807) is 6.07 Å². The van der Waals surface area contributed by atoms with Gasteiger partial charge in [-0.2, -0.15) is 0 Å². The number of carbonyl (C=O) groups is 1. The first-order chi connectivity index (χ1) is 9.58. The van der Waals surface area contributed by atoms with E-state index >= 15 is 0 Å². The van der Waals surface area contributed by atoms with E-state index in [2.05, 4.69) is 15.9 Å². The van der Waals surface area contributed by atoms with Crippen LogP contribution in [0, 0.1) is 11.7 Å². The highest BCUT2D eigenvalue weighted by atomic mass is 79.9. The quantitative estimate of drug-likeness (QED) is 0.913. The van der Waals surface area contributed by atoms with Crippen molar-refractivity contribution in [2.45, 2.75) is 32.2 Å². The van der Waals surface area contributed by atoms with Gasteiger partial charge in [-0.3, -0.25) is 4.79 Å². The van der Waals surface area contributed by atoms with E-state index in [0.29, 0.717) is 29.0 Å². The van der Waals surface area contributed by atoms with Crippen LogP contribution in [-0.2, 0) is 0 Å². The van der Waals surface area contributed by atoms with E-state index in [4.69, 9.17) is 5.73 Å². The topological polar surface area (TPSA) is 46.3 Å². The van der Waals surface area contributed by atoms with Crippen molar-refractivity contribution in [3.05, 3.63) is 34.1 Å². The molecule has 1 aliphatic rings. The van der Waals surface area contributed by atoms with E-state index < -0.39 is 0 Å². The van der Waals surface area contributed by atoms with Gasteiger partial charge in [-0.15, -0.1) is 0 Å². The Morgan fingerprint density at radius 1 is 1.50 bits per heavy atom. The molecule has 1 aliphatic carbocycles. The summed E-state index contributed by atoms with van der Waals surface area (Å²) in [6.45, 7) is 3.24. The smallest absolute Gasteiger partial charge is 0.254 e. The third kappa shape index (κ3) is 3.04. The fourth-order valence-electron chi connectivity index (χ4n) is 3.03. The van der Waals surface area contributed by atoms with Gasteiger partial charge in [0, 0.05) is 18.2 Å². The van der Waals surface area contributed by atoms with Crippen molar-refractivity contribution in [1.82, 2.24) is 4.90 Å². The first kappa shape index (κ1) is 15.4. The maximum Gasteiger partial charge on any atom is 0.254 e. The molecule has 110 valence electrons. The number of benzene rings is 1. The summed E-state index contributed by atoms with van der Waals surface area (Å²) in [4.78, 5) is 14.5. The molecule has 2 rings (SSSR count). The second kappa shape index (κ2) is 6.68. The minimum Gasteiger partial charge on any atom is -0.336 e. The van der Waals surface area contributed by atoms with Crippen molar-refractivity contribution >= 4 is 21.8 Å². The van der Waals surface area contributed by atoms with Crippen LogP contribution in [0.2, 0.25) is 0 Å². The lowest BCUT2D eigenvalue weighted by Gasteiger charge is -2.32. The molecule has 3 nitrogen and oxygen atoms in total. The third-order valence-electron chi connectivity index (χ3n) is 4.09. The van der Waals surface area contributed by atoms with Crippen LogP contribution >= 0.6 is 15.9 Å². The molecule has 0 saturated heterocycles. The molecule has 5 heteroatoms. The predicted octanol–water partition coefficient (Wildman–Crippen LogP) is 3.18. The minimum absolute atomic E-state index is 0.0430. The van der Waals surface area contributed by atoms with Crippen LogP contribution in [-0.4, -0.2) is 29.9 Å². The second-order valence-corrected chi connectivity index (χ2v) is 6.07. The number of halogens is 2. The zero-order chi connectivity index (χ0) is 14.7. The van der Waals surface area contributed by atoms with E-state index in [9.17, 15) is 9.18 Å². The van der Waals surface area contributed by atoms with Crippen molar-refractivity contribution < 1.29 is 9.18 Å². The number of hydrogen-bond donors (Lipinski definition) is 1. The molecule has 0 aliphatic heterocycles. The lowest BCUT2D eigenvalue weighted by atomic mass is 10.0. The standard InChI is InChI=1S/C15H20BrFN2O/c1-2-19(14-5-3-4-11(14)9-18)15(20)10-6-7-13(17)12(16)8-10/h6-8,11,14H,2-5,9,18H2,1H3. The summed E-state index contributed by atoms with van der Waals surface area (Å²) in [5.41, 5.74) is 6.32. The number of nitrogens with two attached hydrogens (primary N) is 1. The molecule has 0 radical (unpaired) electrons. The number of nitrogens with zero attached hydrogens (tertiary/aromatic N) is 1. The van der Waals surface area contributed by atoms with E-state index in [0.717, 1.165) is 19.3 Å². The van der Waals surface area contributed by atoms with Crippen molar-refractivity contribution in [3.63, 3.8) is 0 Å². The molecule has 20 heavy (non-hydrogen) atoms. The van der Waals surface area contributed by atoms with Gasteiger partial charge >= 0.3 is 0 Å². The van der Waals surface area contributed by atoms with Gasteiger partial charge in [-0.05, 0) is 66.4 Å². The van der Waals surface area contributed by atoms with E-state index in [-0.39, 0.29) is 17.8 Å². The summed E-state index contributed by atoms with van der Waals surface area (Å²) in [7, 11) is 0. The molecule has 0 spiro atoms. The maximum absolute atomic E-state index is 13.3. The van der Waals surface area contributed by atoms with Crippen LogP contribution in [0.4, 0.5) is 4.39 Å². The highest BCUT2D eigenvalue weighted by molar-refractivity contribution is 9.10. The molecule has 1 amide bonds. The van der Waals surface area contributed by atoms with Crippen molar-refractivity contribution in [2.75, 3.05) is 13.1 Å². The second-order valence-electron chi connectivity index (χ2n) is 5.21. The summed E-state index contributed by atoms with van der Waals surface area (Å²) in [5, 5.41) is 0. The Kier molecular flexibility index (Phi) is 5.16. The molecule has 1 aromatic carbocycles. The molecule has 0 aromatic heterocycles. The molecule has 1 fully saturated rings. The van der Waals surface area contributed by atoms with Gasteiger partial charge < -0.3 is 10.6 Å². The molecule has 1 saturated carbocycles. The van der Waals surface area contributed by atoms with Crippen LogP contribution < -0.4 is 5.73 Å². The Morgan fingerprint density at radius 2 is 2.25 bits per heavy atom. The Hall–Kier alpha value is -0.940. The van der Waals surface area contributed by atoms with Gasteiger partial charge in [-0.25, -0.2) is 4.39 Å². The lowest BCUT2D eigenvalue weighted by molar-refractivity contribution is 0.0652. The SMILES string of the molecule is CCN(C(=O)c1ccc(F)c(Br)c1)C1CCCC1CN. The molecule has 2 unspecified atom stereocenters. The van der Waals surface area contributed by atoms with Gasteiger partial charge in [0.1, 0.15) is 5.82 Å². The van der Waals surface area contributed by atoms with Crippen LogP contribution in [0.15, 0.2) is 22.7 Å². The maximum atomic E-state index is 13.3. The van der Waals surface area contributed by atoms with Crippen LogP contribution in [0.5, 0.6) is 0 Å². The largest absolute Gasteiger partial charge is 0.336 e. The number of amides is 1. The molecule has 2 atom stereocenters. The zero-order valence-corrected chi connectivity index (χ0v) is 13.2. The van der Waals surface area contributed by atoms with Gasteiger partial charge in [0.15, 0.2) is 0 Å². The number of hydrogen-bond acceptors (Lipinski definition) is 2. The molecular weight excluding hydrogens is 323 g/mol. The lowest BCUT2D eigenvalue weighted by Crippen LogP contribution is -2.44. The van der Waals surface area contributed by atoms with Crippen molar-refractivity contribution in [3.8, 4) is 0 Å². The fourth-order valence-corrected chi connectivity index (χ4v) is 3.41. The summed E-state index contributed by atoms with van der Waals surface area (Å²) in [6.07, 6.45) is 3.20. The number of carbonyl (C=O) groups excluding carboxylic acids is 1. The first-order valence-corrected chi connectivity index (χ1v) is 7.83. The first-order valence-electron chi connectivity index (χ1n) is 7.04. The highest BCUT2D eigenvalue weighted by Gasteiger charge is 2.33. The highest BCUT2D eigenvalue weighted by Crippen LogP contribution is 2.30. The van der Waals surface area contributed by atoms with Crippen LogP contribution in [0.25, 0.3) is 0 Å². The summed E-state index contributed by atoms with van der Waals surface area (Å²) in [6, 6.07) is 4.62. The van der Waals surface area contributed by atoms with Gasteiger partial charge in [0.25, 0.3) is 5.91 Å². The third-order valence-corrected chi connectivity index (χ3v) is 4.70. The molecule has 0 heterocycles. The summed E-state index contributed by atoms with van der Waals surface area (Å²) in [5.74, 6) is -0.0216. The van der Waals surface area contributed by atoms with Crippen molar-refractivity contribution in [1.29, 1.82) is 0 Å². The van der Waals surface area contributed by atoms with Gasteiger partial charge in [-0.1, -0.05) is 6.42 Å². The van der Waals surface area contributed by atoms with E-state index in [1.807, 2.05) is 11.8 Å². The van der Waals surface area contributed by atoms with Crippen LogP contribution in [0.1, 0.15) is 36.5 Å². The Balaban J connectivity index is 2.22. The Morgan fingerprint density at radius 3 is 2.85 bits per heavy atom. The monoisotopic (exact) mass is 342 g/mol. The molecular formula is C15H20BrFN2O. The zero-order valence-electron chi connectivity index (χ0n) is 11.6. The normalized spacial score (nSPS) is 22.0. The molecule has 0 bridgehead atoms. The van der Waals surface area contributed by atoms with E-state index in [1.165, 1.54) is 12.1 Å². The fraction of sp³-hybridized carbons (Fsp3) is 0.533.